The zero-order chi connectivity index (χ0) is 22.5. The van der Waals surface area contributed by atoms with E-state index in [9.17, 15) is 18.8 Å². The maximum Gasteiger partial charge on any atom is 0.323 e. The van der Waals surface area contributed by atoms with Crippen molar-refractivity contribution in [3.8, 4) is 0 Å². The first-order valence-electron chi connectivity index (χ1n) is 9.65. The molecule has 4 rings (SSSR count). The number of fused-ring (bicyclic) bond motifs is 1. The summed E-state index contributed by atoms with van der Waals surface area (Å²) in [5, 5.41) is 8.17. The summed E-state index contributed by atoms with van der Waals surface area (Å²) in [7, 11) is 0. The number of amides is 3. The number of aromatic nitrogens is 2. The zero-order valence-electron chi connectivity index (χ0n) is 16.7. The summed E-state index contributed by atoms with van der Waals surface area (Å²) >= 11 is 0. The third-order valence-corrected chi connectivity index (χ3v) is 4.56. The smallest absolute Gasteiger partial charge is 0.323 e. The number of para-hydroxylation sites is 1. The van der Waals surface area contributed by atoms with E-state index in [1.54, 1.807) is 36.4 Å². The van der Waals surface area contributed by atoms with Crippen molar-refractivity contribution >= 4 is 39.9 Å². The monoisotopic (exact) mass is 431 g/mol. The average molecular weight is 431 g/mol. The molecular formula is C23H18FN5O3. The predicted molar refractivity (Wildman–Crippen MR) is 120 cm³/mol. The van der Waals surface area contributed by atoms with Crippen molar-refractivity contribution in [2.45, 2.75) is 6.54 Å². The molecular weight excluding hydrogens is 413 g/mol. The van der Waals surface area contributed by atoms with Crippen LogP contribution in [0.2, 0.25) is 0 Å². The molecule has 0 spiro atoms. The van der Waals surface area contributed by atoms with Crippen molar-refractivity contribution in [1.29, 1.82) is 0 Å². The Kier molecular flexibility index (Phi) is 5.89. The molecule has 1 heterocycles. The van der Waals surface area contributed by atoms with E-state index < -0.39 is 23.3 Å². The fraction of sp³-hybridized carbons (Fsp3) is 0.0435. The van der Waals surface area contributed by atoms with Gasteiger partial charge in [-0.05, 0) is 54.6 Å². The third kappa shape index (κ3) is 4.96. The molecule has 0 radical (unpaired) electrons. The summed E-state index contributed by atoms with van der Waals surface area (Å²) < 4.78 is 14.5. The lowest BCUT2D eigenvalue weighted by atomic mass is 10.2. The van der Waals surface area contributed by atoms with Crippen LogP contribution >= 0.6 is 0 Å². The summed E-state index contributed by atoms with van der Waals surface area (Å²) in [5.41, 5.74) is 1.53. The van der Waals surface area contributed by atoms with Gasteiger partial charge >= 0.3 is 6.03 Å². The van der Waals surface area contributed by atoms with Crippen LogP contribution in [-0.4, -0.2) is 21.5 Å². The summed E-state index contributed by atoms with van der Waals surface area (Å²) in [6.45, 7) is -0.280. The first kappa shape index (κ1) is 20.7. The van der Waals surface area contributed by atoms with Crippen LogP contribution < -0.4 is 21.5 Å². The second-order valence-corrected chi connectivity index (χ2v) is 6.91. The van der Waals surface area contributed by atoms with Gasteiger partial charge in [-0.15, -0.1) is 0 Å². The molecule has 4 aromatic rings. The van der Waals surface area contributed by atoms with Crippen molar-refractivity contribution in [2.75, 3.05) is 16.0 Å². The van der Waals surface area contributed by atoms with Gasteiger partial charge in [-0.2, -0.15) is 0 Å². The van der Waals surface area contributed by atoms with Crippen LogP contribution in [0.4, 0.5) is 26.2 Å². The van der Waals surface area contributed by atoms with Gasteiger partial charge in [0.05, 0.1) is 17.2 Å². The molecule has 3 N–H and O–H groups in total. The number of benzene rings is 3. The second-order valence-electron chi connectivity index (χ2n) is 6.91. The van der Waals surface area contributed by atoms with Crippen LogP contribution in [0, 0.1) is 5.82 Å². The van der Waals surface area contributed by atoms with E-state index in [4.69, 9.17) is 0 Å². The van der Waals surface area contributed by atoms with Crippen LogP contribution in [0.3, 0.4) is 0 Å². The molecule has 0 saturated heterocycles. The molecule has 0 saturated carbocycles. The first-order chi connectivity index (χ1) is 15.5. The lowest BCUT2D eigenvalue weighted by molar-refractivity contribution is -0.116. The van der Waals surface area contributed by atoms with Crippen LogP contribution in [-0.2, 0) is 11.3 Å². The molecule has 0 aliphatic rings. The van der Waals surface area contributed by atoms with Crippen molar-refractivity contribution < 1.29 is 14.0 Å². The molecule has 8 nitrogen and oxygen atoms in total. The predicted octanol–water partition coefficient (Wildman–Crippen LogP) is 3.82. The number of anilines is 3. The van der Waals surface area contributed by atoms with Gasteiger partial charge in [-0.3, -0.25) is 14.2 Å². The maximum absolute atomic E-state index is 13.4. The van der Waals surface area contributed by atoms with E-state index in [1.165, 1.54) is 18.5 Å². The highest BCUT2D eigenvalue weighted by molar-refractivity contribution is 6.00. The largest absolute Gasteiger partial charge is 0.325 e. The molecule has 0 fully saturated rings. The number of nitrogens with one attached hydrogen (secondary N) is 3. The quantitative estimate of drug-likeness (QED) is 0.447. The summed E-state index contributed by atoms with van der Waals surface area (Å²) in [4.78, 5) is 41.0. The number of urea groups is 1. The number of nitrogens with zero attached hydrogens (tertiary/aromatic N) is 2. The van der Waals surface area contributed by atoms with E-state index in [0.29, 0.717) is 22.6 Å². The van der Waals surface area contributed by atoms with Crippen molar-refractivity contribution in [1.82, 2.24) is 9.55 Å². The fourth-order valence-electron chi connectivity index (χ4n) is 3.05. The van der Waals surface area contributed by atoms with Crippen molar-refractivity contribution in [2.24, 2.45) is 0 Å². The molecule has 9 heteroatoms. The summed E-state index contributed by atoms with van der Waals surface area (Å²) in [6.07, 6.45) is 1.25. The van der Waals surface area contributed by atoms with Crippen molar-refractivity contribution in [3.05, 3.63) is 95.3 Å². The molecule has 0 atom stereocenters. The van der Waals surface area contributed by atoms with E-state index in [2.05, 4.69) is 20.9 Å². The van der Waals surface area contributed by atoms with Crippen LogP contribution in [0.1, 0.15) is 0 Å². The van der Waals surface area contributed by atoms with Gasteiger partial charge in [0.2, 0.25) is 5.91 Å². The second kappa shape index (κ2) is 9.09. The normalized spacial score (nSPS) is 10.5. The molecule has 3 amide bonds. The van der Waals surface area contributed by atoms with Crippen LogP contribution in [0.25, 0.3) is 10.9 Å². The Balaban J connectivity index is 1.37. The number of carbonyl (C=O) groups is 2. The Hall–Kier alpha value is -4.53. The molecule has 1 aromatic heterocycles. The average Bonchev–Trinajstić information content (AvgIpc) is 2.78. The standard InChI is InChI=1S/C23H18FN5O3/c24-15-6-11-20-19(12-15)22(31)29(14-25-20)13-21(30)26-17-7-9-18(10-8-17)28-23(32)27-16-4-2-1-3-5-16/h1-12,14H,13H2,(H,26,30)(H2,27,28,32). The fourth-order valence-corrected chi connectivity index (χ4v) is 3.05. The van der Waals surface area contributed by atoms with Crippen molar-refractivity contribution in [3.63, 3.8) is 0 Å². The highest BCUT2D eigenvalue weighted by Crippen LogP contribution is 2.15. The number of hydrogen-bond donors (Lipinski definition) is 3. The number of hydrogen-bond acceptors (Lipinski definition) is 4. The molecule has 32 heavy (non-hydrogen) atoms. The minimum atomic E-state index is -0.551. The summed E-state index contributed by atoms with van der Waals surface area (Å²) in [5.74, 6) is -1.00. The Labute approximate surface area is 181 Å². The Morgan fingerprint density at radius 2 is 1.47 bits per heavy atom. The first-order valence-corrected chi connectivity index (χ1v) is 9.65. The maximum atomic E-state index is 13.4. The van der Waals surface area contributed by atoms with E-state index >= 15 is 0 Å². The molecule has 0 aliphatic carbocycles. The van der Waals surface area contributed by atoms with Gasteiger partial charge in [-0.1, -0.05) is 18.2 Å². The van der Waals surface area contributed by atoms with Gasteiger partial charge in [-0.25, -0.2) is 14.2 Å². The van der Waals surface area contributed by atoms with E-state index in [-0.39, 0.29) is 11.9 Å². The topological polar surface area (TPSA) is 105 Å². The Morgan fingerprint density at radius 1 is 0.844 bits per heavy atom. The van der Waals surface area contributed by atoms with Gasteiger partial charge in [0, 0.05) is 17.1 Å². The van der Waals surface area contributed by atoms with Crippen LogP contribution in [0.5, 0.6) is 0 Å². The minimum absolute atomic E-state index is 0.101. The summed E-state index contributed by atoms with van der Waals surface area (Å²) in [6, 6.07) is 18.8. The van der Waals surface area contributed by atoms with Gasteiger partial charge in [0.25, 0.3) is 5.56 Å². The van der Waals surface area contributed by atoms with Crippen LogP contribution in [0.15, 0.2) is 83.9 Å². The van der Waals surface area contributed by atoms with Gasteiger partial charge < -0.3 is 16.0 Å². The Morgan fingerprint density at radius 3 is 2.16 bits per heavy atom. The Bertz CT molecular complexity index is 1340. The van der Waals surface area contributed by atoms with Gasteiger partial charge in [0.1, 0.15) is 12.4 Å². The zero-order valence-corrected chi connectivity index (χ0v) is 16.7. The third-order valence-electron chi connectivity index (χ3n) is 4.56. The molecule has 3 aromatic carbocycles. The molecule has 160 valence electrons. The SMILES string of the molecule is O=C(Cn1cnc2ccc(F)cc2c1=O)Nc1ccc(NC(=O)Nc2ccccc2)cc1. The van der Waals surface area contributed by atoms with E-state index in [0.717, 1.165) is 10.6 Å². The molecule has 0 aliphatic heterocycles. The number of rotatable bonds is 5. The lowest BCUT2D eigenvalue weighted by Crippen LogP contribution is -2.28. The lowest BCUT2D eigenvalue weighted by Gasteiger charge is -2.10. The highest BCUT2D eigenvalue weighted by atomic mass is 19.1. The molecule has 0 unspecified atom stereocenters. The van der Waals surface area contributed by atoms with Gasteiger partial charge in [0.15, 0.2) is 0 Å². The minimum Gasteiger partial charge on any atom is -0.325 e. The molecule has 0 bridgehead atoms. The number of halogens is 1. The van der Waals surface area contributed by atoms with E-state index in [1.807, 2.05) is 18.2 Å². The highest BCUT2D eigenvalue weighted by Gasteiger charge is 2.10. The number of carbonyl (C=O) groups excluding carboxylic acids is 2.